The van der Waals surface area contributed by atoms with Gasteiger partial charge in [-0.2, -0.15) is 0 Å². The molecule has 0 aliphatic carbocycles. The van der Waals surface area contributed by atoms with Crippen LogP contribution in [-0.4, -0.2) is 47.8 Å². The summed E-state index contributed by atoms with van der Waals surface area (Å²) in [5.41, 5.74) is 1.84. The van der Waals surface area contributed by atoms with Crippen LogP contribution in [0.4, 0.5) is 4.79 Å². The number of methoxy groups -OCH3 is 1. The highest BCUT2D eigenvalue weighted by molar-refractivity contribution is 5.87. The molecule has 3 rings (SSSR count). The average Bonchev–Trinajstić information content (AvgIpc) is 2.79. The molecule has 0 saturated carbocycles. The molecule has 0 bridgehead atoms. The van der Waals surface area contributed by atoms with Gasteiger partial charge in [0, 0.05) is 37.3 Å². The Morgan fingerprint density at radius 2 is 1.85 bits per heavy atom. The molecule has 2 aromatic carbocycles. The van der Waals surface area contributed by atoms with Gasteiger partial charge in [0.05, 0.1) is 7.11 Å². The second-order valence-corrected chi connectivity index (χ2v) is 9.32. The maximum absolute atomic E-state index is 12.9. The summed E-state index contributed by atoms with van der Waals surface area (Å²) in [5, 5.41) is 5.63. The number of fused-ring (bicyclic) bond motifs is 1. The molecular weight excluding hydrogens is 414 g/mol. The van der Waals surface area contributed by atoms with E-state index in [0.29, 0.717) is 25.5 Å². The molecule has 0 spiro atoms. The number of hydrogen-bond acceptors (Lipinski definition) is 5. The van der Waals surface area contributed by atoms with E-state index < -0.39 is 5.60 Å². The fourth-order valence-corrected chi connectivity index (χ4v) is 3.65. The van der Waals surface area contributed by atoms with E-state index in [4.69, 9.17) is 9.47 Å². The summed E-state index contributed by atoms with van der Waals surface area (Å²) in [6.45, 7) is 9.64. The quantitative estimate of drug-likeness (QED) is 0.486. The first-order chi connectivity index (χ1) is 15.7. The SMILES string of the molecule is COc1nccc2cc(CN[C@H](C)CN(CCc3ccccc3)C(=O)OC(C)(C)C)ccc12. The Labute approximate surface area is 196 Å². The summed E-state index contributed by atoms with van der Waals surface area (Å²) in [5.74, 6) is 0.631. The van der Waals surface area contributed by atoms with Crippen LogP contribution < -0.4 is 10.1 Å². The number of aromatic nitrogens is 1. The van der Waals surface area contributed by atoms with Crippen molar-refractivity contribution < 1.29 is 14.3 Å². The predicted octanol–water partition coefficient (Wildman–Crippen LogP) is 5.20. The lowest BCUT2D eigenvalue weighted by Crippen LogP contribution is -2.45. The van der Waals surface area contributed by atoms with Gasteiger partial charge in [-0.25, -0.2) is 9.78 Å². The first kappa shape index (κ1) is 24.5. The number of pyridine rings is 1. The topological polar surface area (TPSA) is 63.7 Å². The Bertz CT molecular complexity index is 1050. The second-order valence-electron chi connectivity index (χ2n) is 9.32. The molecule has 1 aromatic heterocycles. The van der Waals surface area contributed by atoms with Crippen molar-refractivity contribution in [3.05, 3.63) is 71.9 Å². The minimum atomic E-state index is -0.528. The van der Waals surface area contributed by atoms with E-state index in [9.17, 15) is 4.79 Å². The lowest BCUT2D eigenvalue weighted by molar-refractivity contribution is 0.0237. The lowest BCUT2D eigenvalue weighted by atomic mass is 10.1. The molecule has 0 aliphatic heterocycles. The molecule has 0 unspecified atom stereocenters. The van der Waals surface area contributed by atoms with Gasteiger partial charge >= 0.3 is 6.09 Å². The number of hydrogen-bond donors (Lipinski definition) is 1. The van der Waals surface area contributed by atoms with Crippen LogP contribution in [-0.2, 0) is 17.7 Å². The Balaban J connectivity index is 1.62. The first-order valence-corrected chi connectivity index (χ1v) is 11.4. The van der Waals surface area contributed by atoms with Crippen LogP contribution in [0.3, 0.4) is 0 Å². The molecule has 176 valence electrons. The van der Waals surface area contributed by atoms with E-state index >= 15 is 0 Å². The van der Waals surface area contributed by atoms with Gasteiger partial charge in [0.25, 0.3) is 0 Å². The van der Waals surface area contributed by atoms with E-state index in [0.717, 1.165) is 22.8 Å². The highest BCUT2D eigenvalue weighted by Gasteiger charge is 2.23. The van der Waals surface area contributed by atoms with Crippen molar-refractivity contribution in [3.8, 4) is 5.88 Å². The molecule has 1 amide bonds. The molecular formula is C27H35N3O3. The molecule has 0 fully saturated rings. The predicted molar refractivity (Wildman–Crippen MR) is 133 cm³/mol. The average molecular weight is 450 g/mol. The van der Waals surface area contributed by atoms with Gasteiger partial charge in [-0.05, 0) is 68.8 Å². The summed E-state index contributed by atoms with van der Waals surface area (Å²) < 4.78 is 11.0. The van der Waals surface area contributed by atoms with Crippen molar-refractivity contribution in [2.45, 2.75) is 52.3 Å². The number of amides is 1. The molecule has 1 N–H and O–H groups in total. The van der Waals surface area contributed by atoms with Gasteiger partial charge < -0.3 is 19.7 Å². The third kappa shape index (κ3) is 7.46. The molecule has 0 radical (unpaired) electrons. The maximum Gasteiger partial charge on any atom is 0.410 e. The van der Waals surface area contributed by atoms with Gasteiger partial charge in [-0.15, -0.1) is 0 Å². The first-order valence-electron chi connectivity index (χ1n) is 11.4. The van der Waals surface area contributed by atoms with E-state index in [1.165, 1.54) is 5.56 Å². The van der Waals surface area contributed by atoms with Crippen LogP contribution in [0.25, 0.3) is 10.8 Å². The van der Waals surface area contributed by atoms with Crippen LogP contribution in [0.5, 0.6) is 5.88 Å². The number of nitrogens with zero attached hydrogens (tertiary/aromatic N) is 2. The fraction of sp³-hybridized carbons (Fsp3) is 0.407. The fourth-order valence-electron chi connectivity index (χ4n) is 3.65. The lowest BCUT2D eigenvalue weighted by Gasteiger charge is -2.29. The van der Waals surface area contributed by atoms with Crippen molar-refractivity contribution in [1.29, 1.82) is 0 Å². The van der Waals surface area contributed by atoms with Gasteiger partial charge in [0.1, 0.15) is 5.60 Å². The van der Waals surface area contributed by atoms with E-state index in [-0.39, 0.29) is 12.1 Å². The molecule has 6 nitrogen and oxygen atoms in total. The number of rotatable bonds is 9. The van der Waals surface area contributed by atoms with Crippen LogP contribution in [0, 0.1) is 0 Å². The monoisotopic (exact) mass is 449 g/mol. The zero-order valence-electron chi connectivity index (χ0n) is 20.3. The summed E-state index contributed by atoms with van der Waals surface area (Å²) in [6, 6.07) is 18.5. The zero-order valence-corrected chi connectivity index (χ0v) is 20.3. The number of benzene rings is 2. The molecule has 33 heavy (non-hydrogen) atoms. The Morgan fingerprint density at radius 1 is 1.09 bits per heavy atom. The van der Waals surface area contributed by atoms with Crippen LogP contribution in [0.2, 0.25) is 0 Å². The molecule has 3 aromatic rings. The van der Waals surface area contributed by atoms with Crippen molar-refractivity contribution >= 4 is 16.9 Å². The minimum absolute atomic E-state index is 0.0935. The van der Waals surface area contributed by atoms with Gasteiger partial charge in [0.15, 0.2) is 0 Å². The summed E-state index contributed by atoms with van der Waals surface area (Å²) in [6.07, 6.45) is 2.26. The van der Waals surface area contributed by atoms with Gasteiger partial charge in [-0.3, -0.25) is 0 Å². The van der Waals surface area contributed by atoms with Gasteiger partial charge in [-0.1, -0.05) is 36.4 Å². The zero-order chi connectivity index (χ0) is 23.8. The third-order valence-corrected chi connectivity index (χ3v) is 5.30. The van der Waals surface area contributed by atoms with E-state index in [1.54, 1.807) is 18.2 Å². The smallest absolute Gasteiger partial charge is 0.410 e. The Hall–Kier alpha value is -3.12. The molecule has 0 aliphatic rings. The van der Waals surface area contributed by atoms with Crippen molar-refractivity contribution in [2.75, 3.05) is 20.2 Å². The molecule has 0 saturated heterocycles. The van der Waals surface area contributed by atoms with Crippen molar-refractivity contribution in [2.24, 2.45) is 0 Å². The Kier molecular flexibility index (Phi) is 8.28. The number of nitrogens with one attached hydrogen (secondary N) is 1. The van der Waals surface area contributed by atoms with E-state index in [1.807, 2.05) is 51.1 Å². The second kappa shape index (κ2) is 11.1. The number of ether oxygens (including phenoxy) is 2. The third-order valence-electron chi connectivity index (χ3n) is 5.30. The molecule has 1 heterocycles. The summed E-state index contributed by atoms with van der Waals surface area (Å²) in [7, 11) is 1.63. The Morgan fingerprint density at radius 3 is 2.55 bits per heavy atom. The van der Waals surface area contributed by atoms with E-state index in [2.05, 4.69) is 41.5 Å². The molecule has 6 heteroatoms. The largest absolute Gasteiger partial charge is 0.481 e. The maximum atomic E-state index is 12.9. The summed E-state index contributed by atoms with van der Waals surface area (Å²) in [4.78, 5) is 18.9. The number of carbonyl (C=O) groups excluding carboxylic acids is 1. The highest BCUT2D eigenvalue weighted by Crippen LogP contribution is 2.23. The standard InChI is InChI=1S/C27H35N3O3/c1-20(29-18-22-11-12-24-23(17-22)13-15-28-25(24)32-5)19-30(26(31)33-27(2,3)4)16-14-21-9-7-6-8-10-21/h6-13,15,17,20,29H,14,16,18-19H2,1-5H3/t20-/m1/s1. The van der Waals surface area contributed by atoms with Crippen molar-refractivity contribution in [3.63, 3.8) is 0 Å². The highest BCUT2D eigenvalue weighted by atomic mass is 16.6. The van der Waals surface area contributed by atoms with Crippen LogP contribution >= 0.6 is 0 Å². The van der Waals surface area contributed by atoms with Crippen LogP contribution in [0.1, 0.15) is 38.8 Å². The van der Waals surface area contributed by atoms with Crippen LogP contribution in [0.15, 0.2) is 60.8 Å². The minimum Gasteiger partial charge on any atom is -0.481 e. The summed E-state index contributed by atoms with van der Waals surface area (Å²) >= 11 is 0. The molecule has 1 atom stereocenters. The van der Waals surface area contributed by atoms with Gasteiger partial charge in [0.2, 0.25) is 5.88 Å². The van der Waals surface area contributed by atoms with Crippen molar-refractivity contribution in [1.82, 2.24) is 15.2 Å². The number of carbonyl (C=O) groups is 1. The normalized spacial score (nSPS) is 12.4.